The summed E-state index contributed by atoms with van der Waals surface area (Å²) in [6.45, 7) is 5.26. The van der Waals surface area contributed by atoms with Gasteiger partial charge in [-0.25, -0.2) is 0 Å². The van der Waals surface area contributed by atoms with Crippen LogP contribution in [0.5, 0.6) is 5.75 Å². The van der Waals surface area contributed by atoms with Gasteiger partial charge in [-0.15, -0.1) is 0 Å². The summed E-state index contributed by atoms with van der Waals surface area (Å²) in [4.78, 5) is 16.7. The number of piperazine rings is 1. The number of benzene rings is 3. The van der Waals surface area contributed by atoms with Crippen LogP contribution in [-0.4, -0.2) is 62.3 Å². The fourth-order valence-electron chi connectivity index (χ4n) is 6.62. The van der Waals surface area contributed by atoms with Crippen LogP contribution in [0.25, 0.3) is 5.57 Å². The monoisotopic (exact) mass is 681 g/mol. The van der Waals surface area contributed by atoms with Crippen LogP contribution in [-0.2, 0) is 28.9 Å². The first-order chi connectivity index (χ1) is 22.3. The topological polar surface area (TPSA) is 62.8 Å². The number of rotatable bonds is 13. The number of carbonyl (C=O) groups excluding carboxylic acids is 1. The summed E-state index contributed by atoms with van der Waals surface area (Å²) in [6.07, 6.45) is 5.42. The Morgan fingerprint density at radius 3 is 2.37 bits per heavy atom. The SMILES string of the molecule is COCCCc1ccc(Cl)c(CN(C(=O)C2=C(c3ccc(CCOc4c(Cl)cc(C)cc4Cl)cc3)C[C@@H]3CNC[C@@H]2N3)C2CC2)c1. The first-order valence-electron chi connectivity index (χ1n) is 16.3. The van der Waals surface area contributed by atoms with Crippen LogP contribution in [0.1, 0.15) is 53.5 Å². The third-order valence-electron chi connectivity index (χ3n) is 9.13. The van der Waals surface area contributed by atoms with Gasteiger partial charge in [-0.2, -0.15) is 0 Å². The van der Waals surface area contributed by atoms with Crippen molar-refractivity contribution in [2.24, 2.45) is 0 Å². The molecule has 46 heavy (non-hydrogen) atoms. The number of methoxy groups -OCH3 is 1. The summed E-state index contributed by atoms with van der Waals surface area (Å²) in [6, 6.07) is 19.0. The van der Waals surface area contributed by atoms with E-state index >= 15 is 0 Å². The Bertz CT molecular complexity index is 1570. The number of nitrogens with one attached hydrogen (secondary N) is 2. The number of ether oxygens (including phenoxy) is 2. The van der Waals surface area contributed by atoms with Gasteiger partial charge in [0.05, 0.1) is 22.7 Å². The van der Waals surface area contributed by atoms with Gasteiger partial charge in [-0.05, 0) is 90.6 Å². The Hall–Kier alpha value is -2.58. The molecule has 2 fully saturated rings. The van der Waals surface area contributed by atoms with Gasteiger partial charge in [0.1, 0.15) is 0 Å². The zero-order valence-corrected chi connectivity index (χ0v) is 28.8. The highest BCUT2D eigenvalue weighted by atomic mass is 35.5. The van der Waals surface area contributed by atoms with Crippen molar-refractivity contribution in [1.29, 1.82) is 0 Å². The van der Waals surface area contributed by atoms with Crippen LogP contribution in [0.2, 0.25) is 15.1 Å². The molecule has 244 valence electrons. The maximum absolute atomic E-state index is 14.6. The molecular weight excluding hydrogens is 641 g/mol. The van der Waals surface area contributed by atoms with Gasteiger partial charge >= 0.3 is 0 Å². The predicted octanol–water partition coefficient (Wildman–Crippen LogP) is 7.43. The van der Waals surface area contributed by atoms with Crippen molar-refractivity contribution in [3.63, 3.8) is 0 Å². The Morgan fingerprint density at radius 1 is 0.913 bits per heavy atom. The molecule has 1 saturated carbocycles. The number of carbonyl (C=O) groups is 1. The first-order valence-corrected chi connectivity index (χ1v) is 17.4. The average Bonchev–Trinajstić information content (AvgIpc) is 3.88. The third kappa shape index (κ3) is 7.92. The fraction of sp³-hybridized carbons (Fsp3) is 0.432. The van der Waals surface area contributed by atoms with Gasteiger partial charge < -0.3 is 25.0 Å². The molecule has 2 bridgehead atoms. The molecule has 0 unspecified atom stereocenters. The maximum atomic E-state index is 14.6. The van der Waals surface area contributed by atoms with Crippen LogP contribution in [0.15, 0.2) is 60.2 Å². The largest absolute Gasteiger partial charge is 0.490 e. The van der Waals surface area contributed by atoms with Crippen molar-refractivity contribution >= 4 is 46.3 Å². The lowest BCUT2D eigenvalue weighted by atomic mass is 9.83. The second kappa shape index (κ2) is 15.1. The minimum Gasteiger partial charge on any atom is -0.490 e. The van der Waals surface area contributed by atoms with E-state index in [2.05, 4.69) is 51.9 Å². The molecule has 6 nitrogen and oxygen atoms in total. The predicted molar refractivity (Wildman–Crippen MR) is 187 cm³/mol. The van der Waals surface area contributed by atoms with Crippen LogP contribution < -0.4 is 15.4 Å². The second-order valence-corrected chi connectivity index (χ2v) is 13.9. The lowest BCUT2D eigenvalue weighted by molar-refractivity contribution is -0.128. The van der Waals surface area contributed by atoms with Crippen molar-refractivity contribution in [2.75, 3.05) is 33.4 Å². The molecule has 2 heterocycles. The van der Waals surface area contributed by atoms with Crippen molar-refractivity contribution in [2.45, 2.75) is 70.1 Å². The minimum absolute atomic E-state index is 0.0378. The van der Waals surface area contributed by atoms with Crippen LogP contribution in [0.3, 0.4) is 0 Å². The quantitative estimate of drug-likeness (QED) is 0.184. The number of hydrogen-bond donors (Lipinski definition) is 2. The molecule has 3 aliphatic rings. The number of nitrogens with zero attached hydrogens (tertiary/aromatic N) is 1. The van der Waals surface area contributed by atoms with E-state index < -0.39 is 0 Å². The van der Waals surface area contributed by atoms with E-state index in [1.165, 1.54) is 5.56 Å². The third-order valence-corrected chi connectivity index (χ3v) is 10.1. The number of amides is 1. The average molecular weight is 683 g/mol. The molecule has 3 aromatic rings. The minimum atomic E-state index is -0.0378. The lowest BCUT2D eigenvalue weighted by Crippen LogP contribution is -2.60. The molecule has 1 saturated heterocycles. The molecule has 0 radical (unpaired) electrons. The molecule has 0 aromatic heterocycles. The molecule has 1 amide bonds. The van der Waals surface area contributed by atoms with E-state index in [-0.39, 0.29) is 24.0 Å². The Labute approximate surface area is 287 Å². The number of hydrogen-bond acceptors (Lipinski definition) is 5. The summed E-state index contributed by atoms with van der Waals surface area (Å²) in [7, 11) is 1.73. The van der Waals surface area contributed by atoms with Crippen molar-refractivity contribution < 1.29 is 14.3 Å². The molecule has 9 heteroatoms. The molecule has 3 aromatic carbocycles. The molecule has 0 spiro atoms. The number of aryl methyl sites for hydroxylation is 2. The van der Waals surface area contributed by atoms with Crippen LogP contribution >= 0.6 is 34.8 Å². The van der Waals surface area contributed by atoms with E-state index in [1.807, 2.05) is 25.1 Å². The normalized spacial score (nSPS) is 19.3. The Kier molecular flexibility index (Phi) is 10.9. The molecule has 2 aliphatic heterocycles. The second-order valence-electron chi connectivity index (χ2n) is 12.7. The summed E-state index contributed by atoms with van der Waals surface area (Å²) < 4.78 is 11.2. The molecule has 2 atom stereocenters. The van der Waals surface area contributed by atoms with Gasteiger partial charge in [0.15, 0.2) is 5.75 Å². The fourth-order valence-corrected chi connectivity index (χ4v) is 7.51. The molecule has 6 rings (SSSR count). The zero-order chi connectivity index (χ0) is 32.2. The van der Waals surface area contributed by atoms with Crippen LogP contribution in [0, 0.1) is 6.92 Å². The lowest BCUT2D eigenvalue weighted by Gasteiger charge is -2.41. The standard InChI is InChI=1S/C37H42Cl3N3O3/c1-23-16-32(39)36(33(40)17-23)46-15-13-24-5-8-26(9-6-24)30-19-28-20-41-21-34(42-28)35(30)37(44)43(29-10-11-29)22-27-18-25(4-3-14-45-2)7-12-31(27)38/h5-9,12,16-18,28-29,34,41-42H,3-4,10-11,13-15,19-22H2,1-2H3/t28-,34+/m1/s1. The van der Waals surface area contributed by atoms with Gasteiger partial charge in [0.2, 0.25) is 0 Å². The van der Waals surface area contributed by atoms with Crippen molar-refractivity contribution in [1.82, 2.24) is 15.5 Å². The van der Waals surface area contributed by atoms with Gasteiger partial charge in [0.25, 0.3) is 5.91 Å². The molecule has 1 aliphatic carbocycles. The van der Waals surface area contributed by atoms with E-state index in [9.17, 15) is 4.79 Å². The van der Waals surface area contributed by atoms with E-state index in [0.717, 1.165) is 85.2 Å². The van der Waals surface area contributed by atoms with E-state index in [1.54, 1.807) is 7.11 Å². The Morgan fingerprint density at radius 2 is 1.65 bits per heavy atom. The van der Waals surface area contributed by atoms with Gasteiger partial charge in [-0.1, -0.05) is 71.2 Å². The molecule has 2 N–H and O–H groups in total. The number of halogens is 3. The smallest absolute Gasteiger partial charge is 0.252 e. The van der Waals surface area contributed by atoms with Gasteiger partial charge in [0, 0.05) is 62.5 Å². The summed E-state index contributed by atoms with van der Waals surface area (Å²) in [5.74, 6) is 0.635. The number of fused-ring (bicyclic) bond motifs is 2. The highest BCUT2D eigenvalue weighted by Crippen LogP contribution is 2.38. The van der Waals surface area contributed by atoms with Gasteiger partial charge in [-0.3, -0.25) is 4.79 Å². The Balaban J connectivity index is 1.22. The zero-order valence-electron chi connectivity index (χ0n) is 26.5. The first kappa shape index (κ1) is 33.3. The van der Waals surface area contributed by atoms with E-state index in [0.29, 0.717) is 40.4 Å². The summed E-state index contributed by atoms with van der Waals surface area (Å²) >= 11 is 19.4. The maximum Gasteiger partial charge on any atom is 0.252 e. The highest BCUT2D eigenvalue weighted by molar-refractivity contribution is 6.37. The van der Waals surface area contributed by atoms with Crippen LogP contribution in [0.4, 0.5) is 0 Å². The molecular formula is C37H42Cl3N3O3. The summed E-state index contributed by atoms with van der Waals surface area (Å²) in [5, 5.41) is 9.02. The van der Waals surface area contributed by atoms with Crippen molar-refractivity contribution in [3.05, 3.63) is 103 Å². The highest BCUT2D eigenvalue weighted by Gasteiger charge is 2.41. The van der Waals surface area contributed by atoms with E-state index in [4.69, 9.17) is 44.3 Å². The summed E-state index contributed by atoms with van der Waals surface area (Å²) in [5.41, 5.74) is 7.48. The van der Waals surface area contributed by atoms with Crippen molar-refractivity contribution in [3.8, 4) is 5.75 Å².